The van der Waals surface area contributed by atoms with Gasteiger partial charge in [0.25, 0.3) is 5.91 Å². The summed E-state index contributed by atoms with van der Waals surface area (Å²) in [5.41, 5.74) is 0.799. The first-order chi connectivity index (χ1) is 8.63. The lowest BCUT2D eigenvalue weighted by Gasteiger charge is -2.30. The molecule has 1 rings (SSSR count). The standard InChI is InChI=1S/C13H20INO2S/c1-4-11(5-2)15(6-7-17-3)13(16)10-8-12(14)18-9-10/h8-9,11H,4-7H2,1-3H3. The fraction of sp³-hybridized carbons (Fsp3) is 0.615. The minimum Gasteiger partial charge on any atom is -0.383 e. The molecule has 0 aliphatic rings. The predicted molar refractivity (Wildman–Crippen MR) is 84.3 cm³/mol. The fourth-order valence-corrected chi connectivity index (χ4v) is 3.28. The van der Waals surface area contributed by atoms with Crippen LogP contribution in [0.4, 0.5) is 0 Å². The molecule has 0 saturated heterocycles. The monoisotopic (exact) mass is 381 g/mol. The van der Waals surface area contributed by atoms with Gasteiger partial charge in [0, 0.05) is 25.1 Å². The maximum absolute atomic E-state index is 12.5. The molecule has 0 saturated carbocycles. The molecule has 3 nitrogen and oxygen atoms in total. The van der Waals surface area contributed by atoms with Crippen LogP contribution in [-0.2, 0) is 4.74 Å². The lowest BCUT2D eigenvalue weighted by molar-refractivity contribution is 0.0590. The molecular weight excluding hydrogens is 361 g/mol. The van der Waals surface area contributed by atoms with Gasteiger partial charge in [0.15, 0.2) is 0 Å². The van der Waals surface area contributed by atoms with Gasteiger partial charge < -0.3 is 9.64 Å². The van der Waals surface area contributed by atoms with Crippen LogP contribution in [-0.4, -0.2) is 37.1 Å². The Balaban J connectivity index is 2.84. The first-order valence-corrected chi connectivity index (χ1v) is 8.13. The van der Waals surface area contributed by atoms with E-state index in [1.807, 2.05) is 16.3 Å². The molecule has 18 heavy (non-hydrogen) atoms. The number of thiophene rings is 1. The summed E-state index contributed by atoms with van der Waals surface area (Å²) in [6.07, 6.45) is 1.96. The molecule has 1 amide bonds. The van der Waals surface area contributed by atoms with E-state index in [0.29, 0.717) is 19.2 Å². The number of amides is 1. The van der Waals surface area contributed by atoms with Crippen molar-refractivity contribution in [2.75, 3.05) is 20.3 Å². The topological polar surface area (TPSA) is 29.5 Å². The highest BCUT2D eigenvalue weighted by atomic mass is 127. The van der Waals surface area contributed by atoms with Crippen molar-refractivity contribution in [2.45, 2.75) is 32.7 Å². The molecule has 0 bridgehead atoms. The molecule has 1 aromatic rings. The van der Waals surface area contributed by atoms with Crippen LogP contribution < -0.4 is 0 Å². The summed E-state index contributed by atoms with van der Waals surface area (Å²) >= 11 is 3.85. The Bertz CT molecular complexity index is 377. The molecule has 0 atom stereocenters. The predicted octanol–water partition coefficient (Wildman–Crippen LogP) is 3.63. The van der Waals surface area contributed by atoms with Gasteiger partial charge in [0.2, 0.25) is 0 Å². The summed E-state index contributed by atoms with van der Waals surface area (Å²) in [6, 6.07) is 2.25. The van der Waals surface area contributed by atoms with Gasteiger partial charge in [-0.05, 0) is 41.5 Å². The zero-order valence-corrected chi connectivity index (χ0v) is 14.1. The Morgan fingerprint density at radius 1 is 1.50 bits per heavy atom. The number of nitrogens with zero attached hydrogens (tertiary/aromatic N) is 1. The van der Waals surface area contributed by atoms with Crippen LogP contribution in [0.2, 0.25) is 0 Å². The second kappa shape index (κ2) is 8.12. The summed E-state index contributed by atoms with van der Waals surface area (Å²) in [7, 11) is 1.67. The fourth-order valence-electron chi connectivity index (χ4n) is 1.96. The molecular formula is C13H20INO2S. The van der Waals surface area contributed by atoms with Crippen LogP contribution in [0.25, 0.3) is 0 Å². The average Bonchev–Trinajstić information content (AvgIpc) is 2.80. The van der Waals surface area contributed by atoms with Crippen molar-refractivity contribution in [3.05, 3.63) is 19.9 Å². The number of hydrogen-bond acceptors (Lipinski definition) is 3. The number of carbonyl (C=O) groups excluding carboxylic acids is 1. The van der Waals surface area contributed by atoms with E-state index in [-0.39, 0.29) is 5.91 Å². The Morgan fingerprint density at radius 3 is 2.61 bits per heavy atom. The van der Waals surface area contributed by atoms with Crippen LogP contribution in [0.5, 0.6) is 0 Å². The highest BCUT2D eigenvalue weighted by molar-refractivity contribution is 14.1. The minimum atomic E-state index is 0.125. The van der Waals surface area contributed by atoms with Crippen molar-refractivity contribution in [1.82, 2.24) is 4.90 Å². The van der Waals surface area contributed by atoms with Crippen molar-refractivity contribution >= 4 is 39.8 Å². The van der Waals surface area contributed by atoms with Gasteiger partial charge in [0.05, 0.1) is 15.1 Å². The third kappa shape index (κ3) is 4.20. The first-order valence-electron chi connectivity index (χ1n) is 6.17. The lowest BCUT2D eigenvalue weighted by atomic mass is 10.1. The third-order valence-electron chi connectivity index (χ3n) is 2.99. The molecule has 5 heteroatoms. The molecule has 0 unspecified atom stereocenters. The molecule has 0 aliphatic heterocycles. The number of carbonyl (C=O) groups is 1. The summed E-state index contributed by atoms with van der Waals surface area (Å²) < 4.78 is 6.26. The smallest absolute Gasteiger partial charge is 0.255 e. The third-order valence-corrected chi connectivity index (χ3v) is 4.78. The number of halogens is 1. The van der Waals surface area contributed by atoms with Crippen LogP contribution in [0.3, 0.4) is 0 Å². The molecule has 1 heterocycles. The van der Waals surface area contributed by atoms with Crippen molar-refractivity contribution in [3.63, 3.8) is 0 Å². The summed E-state index contributed by atoms with van der Waals surface area (Å²) in [5.74, 6) is 0.125. The molecule has 0 N–H and O–H groups in total. The lowest BCUT2D eigenvalue weighted by Crippen LogP contribution is -2.41. The van der Waals surface area contributed by atoms with Gasteiger partial charge in [-0.1, -0.05) is 13.8 Å². The average molecular weight is 381 g/mol. The Morgan fingerprint density at radius 2 is 2.17 bits per heavy atom. The first kappa shape index (κ1) is 15.9. The molecule has 0 radical (unpaired) electrons. The highest BCUT2D eigenvalue weighted by Crippen LogP contribution is 2.20. The number of rotatable bonds is 7. The zero-order valence-electron chi connectivity index (χ0n) is 11.1. The van der Waals surface area contributed by atoms with Crippen LogP contribution in [0.15, 0.2) is 11.4 Å². The van der Waals surface area contributed by atoms with E-state index < -0.39 is 0 Å². The van der Waals surface area contributed by atoms with Gasteiger partial charge in [0.1, 0.15) is 0 Å². The van der Waals surface area contributed by atoms with Crippen LogP contribution >= 0.6 is 33.9 Å². The quantitative estimate of drug-likeness (QED) is 0.675. The Hall–Kier alpha value is -0.140. The Labute approximate surface area is 127 Å². The van der Waals surface area contributed by atoms with Crippen molar-refractivity contribution < 1.29 is 9.53 Å². The van der Waals surface area contributed by atoms with Gasteiger partial charge in [-0.2, -0.15) is 0 Å². The molecule has 0 aliphatic carbocycles. The number of hydrogen-bond donors (Lipinski definition) is 0. The van der Waals surface area contributed by atoms with E-state index in [0.717, 1.165) is 21.3 Å². The summed E-state index contributed by atoms with van der Waals surface area (Å²) in [4.78, 5) is 14.4. The van der Waals surface area contributed by atoms with Crippen LogP contribution in [0.1, 0.15) is 37.0 Å². The van der Waals surface area contributed by atoms with Crippen molar-refractivity contribution in [1.29, 1.82) is 0 Å². The van der Waals surface area contributed by atoms with E-state index in [2.05, 4.69) is 36.4 Å². The second-order valence-electron chi connectivity index (χ2n) is 4.10. The van der Waals surface area contributed by atoms with Crippen LogP contribution in [0, 0.1) is 2.88 Å². The second-order valence-corrected chi connectivity index (χ2v) is 6.91. The maximum Gasteiger partial charge on any atom is 0.255 e. The summed E-state index contributed by atoms with van der Waals surface area (Å²) in [5, 5.41) is 1.94. The van der Waals surface area contributed by atoms with Gasteiger partial charge in [-0.15, -0.1) is 11.3 Å². The van der Waals surface area contributed by atoms with Crippen molar-refractivity contribution in [2.24, 2.45) is 0 Å². The highest BCUT2D eigenvalue weighted by Gasteiger charge is 2.22. The molecule has 102 valence electrons. The SMILES string of the molecule is CCC(CC)N(CCOC)C(=O)c1csc(I)c1. The van der Waals surface area contributed by atoms with Gasteiger partial charge >= 0.3 is 0 Å². The largest absolute Gasteiger partial charge is 0.383 e. The molecule has 1 aromatic heterocycles. The van der Waals surface area contributed by atoms with E-state index in [1.165, 1.54) is 0 Å². The van der Waals surface area contributed by atoms with E-state index in [1.54, 1.807) is 18.4 Å². The summed E-state index contributed by atoms with van der Waals surface area (Å²) in [6.45, 7) is 5.49. The number of methoxy groups -OCH3 is 1. The van der Waals surface area contributed by atoms with E-state index in [4.69, 9.17) is 4.74 Å². The normalized spacial score (nSPS) is 10.9. The zero-order chi connectivity index (χ0) is 13.5. The van der Waals surface area contributed by atoms with E-state index >= 15 is 0 Å². The van der Waals surface area contributed by atoms with Gasteiger partial charge in [-0.25, -0.2) is 0 Å². The Kier molecular flexibility index (Phi) is 7.18. The maximum atomic E-state index is 12.5. The molecule has 0 fully saturated rings. The molecule has 0 spiro atoms. The number of ether oxygens (including phenoxy) is 1. The van der Waals surface area contributed by atoms with Gasteiger partial charge in [-0.3, -0.25) is 4.79 Å². The molecule has 0 aromatic carbocycles. The van der Waals surface area contributed by atoms with Crippen molar-refractivity contribution in [3.8, 4) is 0 Å². The van der Waals surface area contributed by atoms with E-state index in [9.17, 15) is 4.79 Å². The minimum absolute atomic E-state index is 0.125.